The molecule has 0 rings (SSSR count). The molecule has 0 aromatic rings. The molecule has 0 aliphatic carbocycles. The molecule has 64 heavy (non-hydrogen) atoms. The number of aliphatic hydroxyl groups excluding tert-OH is 2. The highest BCUT2D eigenvalue weighted by Crippen LogP contribution is 2.18. The molecule has 0 radical (unpaired) electrons. The average Bonchev–Trinajstić information content (AvgIpc) is 3.30. The normalized spacial score (nSPS) is 12.8. The molecule has 0 saturated heterocycles. The van der Waals surface area contributed by atoms with Crippen LogP contribution in [-0.4, -0.2) is 34.9 Å². The Morgan fingerprint density at radius 3 is 0.812 bits per heavy atom. The molecule has 2 unspecified atom stereocenters. The van der Waals surface area contributed by atoms with E-state index in [2.05, 4.69) is 19.2 Å². The first kappa shape index (κ1) is 63.1. The maximum atomic E-state index is 12.5. The first-order chi connectivity index (χ1) is 31.7. The van der Waals surface area contributed by atoms with Crippen LogP contribution in [0.1, 0.15) is 348 Å². The molecule has 2 atom stereocenters. The lowest BCUT2D eigenvalue weighted by molar-refractivity contribution is -0.123. The highest BCUT2D eigenvalue weighted by molar-refractivity contribution is 5.76. The number of hydrogen-bond donors (Lipinski definition) is 3. The van der Waals surface area contributed by atoms with Gasteiger partial charge in [-0.25, -0.2) is 0 Å². The molecule has 0 aromatic heterocycles. The number of unbranched alkanes of at least 4 members (excludes halogenated alkanes) is 49. The molecule has 0 aromatic carbocycles. The summed E-state index contributed by atoms with van der Waals surface area (Å²) in [6, 6.07) is -0.618. The average molecular weight is 903 g/mol. The lowest BCUT2D eigenvalue weighted by Crippen LogP contribution is -2.45. The van der Waals surface area contributed by atoms with Gasteiger partial charge in [0, 0.05) is 6.42 Å². The Balaban J connectivity index is 3.43. The van der Waals surface area contributed by atoms with E-state index in [0.29, 0.717) is 6.42 Å². The number of allylic oxidation sites excluding steroid dienone is 1. The van der Waals surface area contributed by atoms with Gasteiger partial charge >= 0.3 is 0 Å². The van der Waals surface area contributed by atoms with Crippen LogP contribution in [0.5, 0.6) is 0 Å². The van der Waals surface area contributed by atoms with Gasteiger partial charge in [0.15, 0.2) is 0 Å². The summed E-state index contributed by atoms with van der Waals surface area (Å²) < 4.78 is 0. The van der Waals surface area contributed by atoms with Crippen molar-refractivity contribution in [2.45, 2.75) is 360 Å². The summed E-state index contributed by atoms with van der Waals surface area (Å²) in [5.74, 6) is -0.0550. The summed E-state index contributed by atoms with van der Waals surface area (Å²) in [7, 11) is 0. The molecular formula is C60H119NO3. The fourth-order valence-corrected chi connectivity index (χ4v) is 9.71. The van der Waals surface area contributed by atoms with Gasteiger partial charge in [0.2, 0.25) is 5.91 Å². The number of hydrogen-bond acceptors (Lipinski definition) is 3. The largest absolute Gasteiger partial charge is 0.394 e. The molecule has 0 bridgehead atoms. The van der Waals surface area contributed by atoms with Gasteiger partial charge in [0.05, 0.1) is 18.8 Å². The quantitative estimate of drug-likeness (QED) is 0.0421. The molecule has 0 saturated carbocycles. The third kappa shape index (κ3) is 52.1. The minimum absolute atomic E-state index is 0.0550. The SMILES string of the molecule is CCCCCCCCCCCCCCCCCCCCCCCCCCCCC/C=C/C(O)C(CO)NC(=O)CCCCCCCCCCCCCCCCCCCCCCCCC. The predicted molar refractivity (Wildman–Crippen MR) is 286 cm³/mol. The maximum Gasteiger partial charge on any atom is 0.220 e. The van der Waals surface area contributed by atoms with Crippen LogP contribution in [0, 0.1) is 0 Å². The topological polar surface area (TPSA) is 69.6 Å². The van der Waals surface area contributed by atoms with Gasteiger partial charge in [0.25, 0.3) is 0 Å². The molecule has 4 heteroatoms. The molecule has 0 aliphatic rings. The van der Waals surface area contributed by atoms with Crippen LogP contribution in [0.3, 0.4) is 0 Å². The zero-order chi connectivity index (χ0) is 46.3. The maximum absolute atomic E-state index is 12.5. The summed E-state index contributed by atoms with van der Waals surface area (Å²) in [4.78, 5) is 12.5. The molecule has 1 amide bonds. The van der Waals surface area contributed by atoms with Crippen molar-refractivity contribution in [2.24, 2.45) is 0 Å². The fourth-order valence-electron chi connectivity index (χ4n) is 9.71. The van der Waals surface area contributed by atoms with Gasteiger partial charge in [-0.3, -0.25) is 4.79 Å². The van der Waals surface area contributed by atoms with Crippen molar-refractivity contribution in [3.8, 4) is 0 Å². The van der Waals surface area contributed by atoms with E-state index in [4.69, 9.17) is 0 Å². The summed E-state index contributed by atoms with van der Waals surface area (Å²) in [5, 5.41) is 23.2. The smallest absolute Gasteiger partial charge is 0.220 e. The van der Waals surface area contributed by atoms with E-state index in [-0.39, 0.29) is 12.5 Å². The summed E-state index contributed by atoms with van der Waals surface area (Å²) >= 11 is 0. The summed E-state index contributed by atoms with van der Waals surface area (Å²) in [6.07, 6.45) is 73.9. The first-order valence-corrected chi connectivity index (χ1v) is 29.9. The van der Waals surface area contributed by atoms with Crippen LogP contribution < -0.4 is 5.32 Å². The Morgan fingerprint density at radius 1 is 0.359 bits per heavy atom. The van der Waals surface area contributed by atoms with E-state index in [1.54, 1.807) is 6.08 Å². The highest BCUT2D eigenvalue weighted by Gasteiger charge is 2.18. The minimum atomic E-state index is -0.836. The minimum Gasteiger partial charge on any atom is -0.394 e. The molecular weight excluding hydrogens is 783 g/mol. The van der Waals surface area contributed by atoms with Crippen molar-refractivity contribution in [2.75, 3.05) is 6.61 Å². The number of carbonyl (C=O) groups is 1. The monoisotopic (exact) mass is 902 g/mol. The van der Waals surface area contributed by atoms with Crippen LogP contribution in [0.25, 0.3) is 0 Å². The van der Waals surface area contributed by atoms with Gasteiger partial charge in [-0.1, -0.05) is 334 Å². The van der Waals surface area contributed by atoms with E-state index in [9.17, 15) is 15.0 Å². The Kier molecular flexibility index (Phi) is 55.7. The number of amides is 1. The molecule has 0 aliphatic heterocycles. The Hall–Kier alpha value is -0.870. The Morgan fingerprint density at radius 2 is 0.578 bits per heavy atom. The lowest BCUT2D eigenvalue weighted by atomic mass is 10.0. The number of carbonyl (C=O) groups excluding carboxylic acids is 1. The van der Waals surface area contributed by atoms with Crippen molar-refractivity contribution < 1.29 is 15.0 Å². The number of rotatable bonds is 56. The van der Waals surface area contributed by atoms with Gasteiger partial charge in [0.1, 0.15) is 0 Å². The van der Waals surface area contributed by atoms with Gasteiger partial charge in [-0.05, 0) is 19.3 Å². The van der Waals surface area contributed by atoms with Crippen LogP contribution in [0.4, 0.5) is 0 Å². The molecule has 3 N–H and O–H groups in total. The summed E-state index contributed by atoms with van der Waals surface area (Å²) in [5.41, 5.74) is 0. The van der Waals surface area contributed by atoms with E-state index < -0.39 is 12.1 Å². The van der Waals surface area contributed by atoms with Crippen molar-refractivity contribution in [3.63, 3.8) is 0 Å². The fraction of sp³-hybridized carbons (Fsp3) is 0.950. The van der Waals surface area contributed by atoms with E-state index in [0.717, 1.165) is 25.7 Å². The van der Waals surface area contributed by atoms with Crippen LogP contribution in [0.15, 0.2) is 12.2 Å². The third-order valence-corrected chi connectivity index (χ3v) is 14.3. The van der Waals surface area contributed by atoms with E-state index >= 15 is 0 Å². The van der Waals surface area contributed by atoms with Crippen molar-refractivity contribution in [3.05, 3.63) is 12.2 Å². The number of aliphatic hydroxyl groups is 2. The van der Waals surface area contributed by atoms with Crippen molar-refractivity contribution in [1.29, 1.82) is 0 Å². The highest BCUT2D eigenvalue weighted by atomic mass is 16.3. The second kappa shape index (κ2) is 56.5. The van der Waals surface area contributed by atoms with Gasteiger partial charge < -0.3 is 15.5 Å². The first-order valence-electron chi connectivity index (χ1n) is 29.9. The number of nitrogens with one attached hydrogen (secondary N) is 1. The molecule has 382 valence electrons. The zero-order valence-electron chi connectivity index (χ0n) is 44.1. The predicted octanol–water partition coefficient (Wildman–Crippen LogP) is 19.7. The molecule has 0 spiro atoms. The van der Waals surface area contributed by atoms with Crippen LogP contribution in [-0.2, 0) is 4.79 Å². The van der Waals surface area contributed by atoms with Crippen LogP contribution >= 0.6 is 0 Å². The van der Waals surface area contributed by atoms with Gasteiger partial charge in [-0.2, -0.15) is 0 Å². The van der Waals surface area contributed by atoms with Crippen LogP contribution in [0.2, 0.25) is 0 Å². The second-order valence-electron chi connectivity index (χ2n) is 20.8. The Labute approximate surface area is 403 Å². The van der Waals surface area contributed by atoms with E-state index in [1.165, 1.54) is 302 Å². The van der Waals surface area contributed by atoms with Crippen molar-refractivity contribution >= 4 is 5.91 Å². The van der Waals surface area contributed by atoms with Gasteiger partial charge in [-0.15, -0.1) is 0 Å². The zero-order valence-corrected chi connectivity index (χ0v) is 44.1. The standard InChI is InChI=1S/C60H119NO3/c1-3-5-7-9-11-13-15-17-19-21-23-25-27-28-29-30-31-32-34-35-37-39-41-43-45-47-49-51-53-55-59(63)58(57-62)61-60(64)56-54-52-50-48-46-44-42-40-38-36-33-26-24-22-20-18-16-14-12-10-8-6-4-2/h53,55,58-59,62-63H,3-52,54,56-57H2,1-2H3,(H,61,64)/b55-53+. The molecule has 0 heterocycles. The van der Waals surface area contributed by atoms with Crippen molar-refractivity contribution in [1.82, 2.24) is 5.32 Å². The third-order valence-electron chi connectivity index (χ3n) is 14.3. The Bertz CT molecular complexity index is 890. The second-order valence-corrected chi connectivity index (χ2v) is 20.8. The molecule has 0 fully saturated rings. The summed E-state index contributed by atoms with van der Waals surface area (Å²) in [6.45, 7) is 4.36. The lowest BCUT2D eigenvalue weighted by Gasteiger charge is -2.20. The molecule has 4 nitrogen and oxygen atoms in total. The van der Waals surface area contributed by atoms with E-state index in [1.807, 2.05) is 6.08 Å².